The molecule has 0 radical (unpaired) electrons. The number of Topliss-reactive ketones (excluding diaryl/α,β-unsaturated/α-hetero) is 2. The van der Waals surface area contributed by atoms with Crippen molar-refractivity contribution in [1.82, 2.24) is 4.90 Å². The summed E-state index contributed by atoms with van der Waals surface area (Å²) < 4.78 is 0. The minimum atomic E-state index is -2.76. The smallest absolute Gasteiger partial charge is 0.270 e. The molecule has 0 aliphatic heterocycles. The molecule has 3 aliphatic rings. The van der Waals surface area contributed by atoms with Gasteiger partial charge in [0.2, 0.25) is 5.78 Å². The van der Waals surface area contributed by atoms with Crippen molar-refractivity contribution in [3.05, 3.63) is 74.0 Å². The highest BCUT2D eigenvalue weighted by molar-refractivity contribution is 6.24. The molecule has 8 N–H and O–H groups in total. The number of carbonyl (C=O) groups excluding carboxylic acids is 3. The van der Waals surface area contributed by atoms with Crippen LogP contribution in [0.25, 0.3) is 16.9 Å². The van der Waals surface area contributed by atoms with Crippen LogP contribution in [0.4, 0.5) is 5.69 Å². The first kappa shape index (κ1) is 28.0. The number of aliphatic hydroxyl groups is 3. The summed E-state index contributed by atoms with van der Waals surface area (Å²) in [7, 11) is 3.03. The van der Waals surface area contributed by atoms with E-state index in [-0.39, 0.29) is 41.8 Å². The highest BCUT2D eigenvalue weighted by atomic mass is 16.6. The molecule has 2 aromatic carbocycles. The van der Waals surface area contributed by atoms with Crippen molar-refractivity contribution in [2.75, 3.05) is 14.1 Å². The predicted octanol–water partition coefficient (Wildman–Crippen LogP) is 0.998. The second-order valence-corrected chi connectivity index (χ2v) is 10.8. The van der Waals surface area contributed by atoms with Gasteiger partial charge < -0.3 is 31.9 Å². The Balaban J connectivity index is 1.78. The summed E-state index contributed by atoms with van der Waals surface area (Å²) in [5.41, 5.74) is 8.33. The third-order valence-corrected chi connectivity index (χ3v) is 8.39. The van der Waals surface area contributed by atoms with E-state index in [1.54, 1.807) is 12.1 Å². The first-order valence-electron chi connectivity index (χ1n) is 12.7. The highest BCUT2D eigenvalue weighted by Gasteiger charge is 2.64. The highest BCUT2D eigenvalue weighted by Crippen LogP contribution is 2.54. The largest absolute Gasteiger partial charge is 0.508 e. The van der Waals surface area contributed by atoms with E-state index in [1.165, 1.54) is 37.2 Å². The van der Waals surface area contributed by atoms with Crippen LogP contribution in [0, 0.1) is 22.0 Å². The van der Waals surface area contributed by atoms with Gasteiger partial charge in [-0.2, -0.15) is 0 Å². The van der Waals surface area contributed by atoms with Gasteiger partial charge in [-0.1, -0.05) is 12.1 Å². The monoisotopic (exact) mass is 564 g/mol. The molecule has 0 heterocycles. The van der Waals surface area contributed by atoms with Gasteiger partial charge in [0.15, 0.2) is 11.4 Å². The number of non-ortho nitro benzene ring substituents is 1. The van der Waals surface area contributed by atoms with Crippen molar-refractivity contribution in [1.29, 1.82) is 0 Å². The van der Waals surface area contributed by atoms with Gasteiger partial charge in [0.25, 0.3) is 11.6 Å². The van der Waals surface area contributed by atoms with Gasteiger partial charge in [0.05, 0.1) is 16.5 Å². The number of nitro benzene ring substituents is 1. The molecule has 13 heteroatoms. The van der Waals surface area contributed by atoms with Crippen molar-refractivity contribution in [2.24, 2.45) is 23.3 Å². The number of likely N-dealkylation sites (N-methyl/N-ethyl adjacent to an activating group) is 1. The molecule has 2 aromatic rings. The molecule has 1 saturated carbocycles. The maximum Gasteiger partial charge on any atom is 0.270 e. The molecular weight excluding hydrogens is 536 g/mol. The minimum Gasteiger partial charge on any atom is -0.508 e. The zero-order chi connectivity index (χ0) is 30.1. The molecular formula is C28H28N4O9. The van der Waals surface area contributed by atoms with Crippen molar-refractivity contribution >= 4 is 28.9 Å². The van der Waals surface area contributed by atoms with Gasteiger partial charge in [-0.3, -0.25) is 29.4 Å². The van der Waals surface area contributed by atoms with Gasteiger partial charge in [-0.25, -0.2) is 0 Å². The molecule has 1 amide bonds. The standard InChI is InChI=1S/C28H28N4O9/c1-31(2)21-17-9-12-7-16-15(11-4-3-5-14(6-11)32(40)41)8-13(10-29)22(33)19(16)23(34)18(12)25(36)28(17,39)26(37)20(24(21)35)27(30)38/h3-6,8,12,17,21,33-34,37,39H,7,9-10,29H2,1-2H3,(H2,30,38). The fourth-order valence-electron chi connectivity index (χ4n) is 6.57. The number of nitrogens with two attached hydrogens (primary N) is 2. The Morgan fingerprint density at radius 1 is 1.20 bits per heavy atom. The number of primary amides is 1. The lowest BCUT2D eigenvalue weighted by molar-refractivity contribution is -0.384. The average Bonchev–Trinajstić information content (AvgIpc) is 2.90. The topological polar surface area (TPSA) is 231 Å². The van der Waals surface area contributed by atoms with E-state index in [2.05, 4.69) is 0 Å². The number of aliphatic hydroxyl groups excluding tert-OH is 2. The fourth-order valence-corrected chi connectivity index (χ4v) is 6.57. The number of rotatable bonds is 5. The quantitative estimate of drug-likeness (QED) is 0.170. The number of amides is 1. The Kier molecular flexibility index (Phi) is 6.48. The molecule has 4 atom stereocenters. The second-order valence-electron chi connectivity index (χ2n) is 10.8. The predicted molar refractivity (Wildman–Crippen MR) is 144 cm³/mol. The number of fused-ring (bicyclic) bond motifs is 3. The zero-order valence-corrected chi connectivity index (χ0v) is 22.1. The van der Waals surface area contributed by atoms with Crippen LogP contribution in [-0.2, 0) is 27.3 Å². The van der Waals surface area contributed by atoms with Crippen LogP contribution in [0.15, 0.2) is 47.2 Å². The summed E-state index contributed by atoms with van der Waals surface area (Å²) >= 11 is 0. The van der Waals surface area contributed by atoms with Crippen LogP contribution >= 0.6 is 0 Å². The number of nitro groups is 1. The number of phenolic OH excluding ortho intramolecular Hbond substituents is 1. The van der Waals surface area contributed by atoms with Gasteiger partial charge >= 0.3 is 0 Å². The van der Waals surface area contributed by atoms with Crippen LogP contribution in [-0.4, -0.2) is 73.5 Å². The minimum absolute atomic E-state index is 0.0327. The fraction of sp³-hybridized carbons (Fsp3) is 0.321. The summed E-state index contributed by atoms with van der Waals surface area (Å²) in [6, 6.07) is 6.12. The normalized spacial score (nSPS) is 25.6. The Hall–Kier alpha value is -4.59. The van der Waals surface area contributed by atoms with E-state index < -0.39 is 68.7 Å². The van der Waals surface area contributed by atoms with Crippen LogP contribution in [0.5, 0.6) is 5.75 Å². The molecule has 0 spiro atoms. The number of ketones is 2. The lowest BCUT2D eigenvalue weighted by Gasteiger charge is -2.50. The van der Waals surface area contributed by atoms with E-state index in [0.717, 1.165) is 0 Å². The second kappa shape index (κ2) is 9.51. The molecule has 0 saturated heterocycles. The molecule has 13 nitrogen and oxygen atoms in total. The number of carbonyl (C=O) groups is 3. The zero-order valence-electron chi connectivity index (χ0n) is 22.1. The number of hydrogen-bond donors (Lipinski definition) is 6. The summed E-state index contributed by atoms with van der Waals surface area (Å²) in [6.07, 6.45) is -0.0511. The maximum absolute atomic E-state index is 14.0. The number of aromatic hydroxyl groups is 1. The van der Waals surface area contributed by atoms with Crippen LogP contribution < -0.4 is 11.5 Å². The van der Waals surface area contributed by atoms with Gasteiger partial charge in [-0.05, 0) is 55.6 Å². The summed E-state index contributed by atoms with van der Waals surface area (Å²) in [6.45, 7) is -0.175. The lowest BCUT2D eigenvalue weighted by Crippen LogP contribution is -2.65. The lowest BCUT2D eigenvalue weighted by atomic mass is 9.57. The molecule has 3 aliphatic carbocycles. The number of phenols is 1. The molecule has 0 aromatic heterocycles. The van der Waals surface area contributed by atoms with E-state index in [1.807, 2.05) is 0 Å². The first-order valence-corrected chi connectivity index (χ1v) is 12.7. The third kappa shape index (κ3) is 3.84. The Morgan fingerprint density at radius 3 is 2.46 bits per heavy atom. The molecule has 1 fully saturated rings. The Bertz CT molecular complexity index is 1630. The molecule has 41 heavy (non-hydrogen) atoms. The number of hydrogen-bond acceptors (Lipinski definition) is 11. The third-order valence-electron chi connectivity index (χ3n) is 8.39. The van der Waals surface area contributed by atoms with Crippen molar-refractivity contribution in [2.45, 2.75) is 31.0 Å². The van der Waals surface area contributed by atoms with E-state index in [0.29, 0.717) is 16.7 Å². The summed E-state index contributed by atoms with van der Waals surface area (Å²) in [5.74, 6) is -7.57. The van der Waals surface area contributed by atoms with Gasteiger partial charge in [0, 0.05) is 35.7 Å². The SMILES string of the molecule is CN(C)C1C(=O)C(C(N)=O)=C(O)C2(O)C(=O)C3=C(O)c4c(O)c(CN)cc(-c5cccc([N+](=O)[O-])c5)c4CC3CC12. The van der Waals surface area contributed by atoms with E-state index >= 15 is 0 Å². The van der Waals surface area contributed by atoms with Gasteiger partial charge in [-0.15, -0.1) is 0 Å². The number of benzene rings is 2. The molecule has 214 valence electrons. The Morgan fingerprint density at radius 2 is 1.88 bits per heavy atom. The molecule has 0 bridgehead atoms. The molecule has 4 unspecified atom stereocenters. The van der Waals surface area contributed by atoms with Crippen LogP contribution in [0.1, 0.15) is 23.1 Å². The Labute approximate surface area is 233 Å². The summed E-state index contributed by atoms with van der Waals surface area (Å²) in [4.78, 5) is 51.7. The van der Waals surface area contributed by atoms with Crippen LogP contribution in [0.2, 0.25) is 0 Å². The van der Waals surface area contributed by atoms with Gasteiger partial charge in [0.1, 0.15) is 22.8 Å². The number of nitrogens with zero attached hydrogens (tertiary/aromatic N) is 2. The summed E-state index contributed by atoms with van der Waals surface area (Å²) in [5, 5.41) is 56.7. The molecule has 5 rings (SSSR count). The van der Waals surface area contributed by atoms with Crippen LogP contribution in [0.3, 0.4) is 0 Å². The van der Waals surface area contributed by atoms with E-state index in [4.69, 9.17) is 11.5 Å². The van der Waals surface area contributed by atoms with Crippen molar-refractivity contribution < 1.29 is 39.7 Å². The van der Waals surface area contributed by atoms with Crippen molar-refractivity contribution in [3.63, 3.8) is 0 Å². The van der Waals surface area contributed by atoms with Crippen molar-refractivity contribution in [3.8, 4) is 16.9 Å². The maximum atomic E-state index is 14.0. The van der Waals surface area contributed by atoms with E-state index in [9.17, 15) is 44.9 Å². The average molecular weight is 565 g/mol. The first-order chi connectivity index (χ1) is 19.2.